The summed E-state index contributed by atoms with van der Waals surface area (Å²) in [4.78, 5) is 10.6. The molecule has 0 aromatic heterocycles. The standard InChI is InChI=1S/C7H12O2/c1-5(8)4-7(3)6(2)9-7/h6H,4H2,1-3H3. The van der Waals surface area contributed by atoms with Crippen LogP contribution >= 0.6 is 0 Å². The molecule has 0 aromatic carbocycles. The van der Waals surface area contributed by atoms with E-state index in [1.54, 1.807) is 6.92 Å². The van der Waals surface area contributed by atoms with Gasteiger partial charge in [0.1, 0.15) is 5.78 Å². The van der Waals surface area contributed by atoms with E-state index in [0.717, 1.165) is 0 Å². The van der Waals surface area contributed by atoms with Crippen LogP contribution in [-0.2, 0) is 9.53 Å². The molecule has 52 valence electrons. The van der Waals surface area contributed by atoms with Gasteiger partial charge < -0.3 is 4.74 Å². The van der Waals surface area contributed by atoms with Gasteiger partial charge in [-0.2, -0.15) is 0 Å². The number of ether oxygens (including phenoxy) is 1. The summed E-state index contributed by atoms with van der Waals surface area (Å²) >= 11 is 0. The number of ketones is 1. The minimum absolute atomic E-state index is 0.119. The summed E-state index contributed by atoms with van der Waals surface area (Å²) in [6.45, 7) is 5.56. The number of hydrogen-bond acceptors (Lipinski definition) is 2. The highest BCUT2D eigenvalue weighted by molar-refractivity contribution is 5.77. The van der Waals surface area contributed by atoms with Gasteiger partial charge in [0.05, 0.1) is 11.7 Å². The van der Waals surface area contributed by atoms with Crippen molar-refractivity contribution in [1.82, 2.24) is 0 Å². The highest BCUT2D eigenvalue weighted by Gasteiger charge is 2.49. The SMILES string of the molecule is CC(=O)CC1(C)OC1C. The minimum atomic E-state index is -0.119. The van der Waals surface area contributed by atoms with E-state index in [4.69, 9.17) is 4.74 Å². The smallest absolute Gasteiger partial charge is 0.132 e. The first-order valence-corrected chi connectivity index (χ1v) is 3.22. The van der Waals surface area contributed by atoms with Crippen LogP contribution in [0, 0.1) is 0 Å². The van der Waals surface area contributed by atoms with Gasteiger partial charge in [0, 0.05) is 6.42 Å². The molecule has 1 heterocycles. The maximum absolute atomic E-state index is 10.6. The fraction of sp³-hybridized carbons (Fsp3) is 0.857. The Morgan fingerprint density at radius 3 is 2.33 bits per heavy atom. The van der Waals surface area contributed by atoms with Crippen LogP contribution in [0.4, 0.5) is 0 Å². The number of carbonyl (C=O) groups excluding carboxylic acids is 1. The lowest BCUT2D eigenvalue weighted by molar-refractivity contribution is -0.117. The van der Waals surface area contributed by atoms with E-state index in [1.165, 1.54) is 0 Å². The molecule has 0 aromatic rings. The quantitative estimate of drug-likeness (QED) is 0.522. The van der Waals surface area contributed by atoms with Crippen LogP contribution in [0.25, 0.3) is 0 Å². The van der Waals surface area contributed by atoms with E-state index in [2.05, 4.69) is 0 Å². The van der Waals surface area contributed by atoms with E-state index in [-0.39, 0.29) is 17.5 Å². The topological polar surface area (TPSA) is 29.6 Å². The van der Waals surface area contributed by atoms with Crippen molar-refractivity contribution in [3.63, 3.8) is 0 Å². The second-order valence-corrected chi connectivity index (χ2v) is 2.95. The summed E-state index contributed by atoms with van der Waals surface area (Å²) in [5.41, 5.74) is -0.119. The van der Waals surface area contributed by atoms with Crippen LogP contribution < -0.4 is 0 Å². The third kappa shape index (κ3) is 1.30. The van der Waals surface area contributed by atoms with Gasteiger partial charge in [0.2, 0.25) is 0 Å². The molecule has 0 N–H and O–H groups in total. The second kappa shape index (κ2) is 1.81. The van der Waals surface area contributed by atoms with E-state index in [9.17, 15) is 4.79 Å². The highest BCUT2D eigenvalue weighted by Crippen LogP contribution is 2.38. The molecule has 9 heavy (non-hydrogen) atoms. The lowest BCUT2D eigenvalue weighted by atomic mass is 10.0. The normalized spacial score (nSPS) is 40.6. The monoisotopic (exact) mass is 128 g/mol. The number of epoxide rings is 1. The number of carbonyl (C=O) groups is 1. The maximum atomic E-state index is 10.6. The fourth-order valence-electron chi connectivity index (χ4n) is 1.05. The Balaban J connectivity index is 2.37. The highest BCUT2D eigenvalue weighted by atomic mass is 16.6. The molecular weight excluding hydrogens is 116 g/mol. The third-order valence-electron chi connectivity index (χ3n) is 1.85. The maximum Gasteiger partial charge on any atom is 0.132 e. The summed E-state index contributed by atoms with van der Waals surface area (Å²) in [6, 6.07) is 0. The van der Waals surface area contributed by atoms with Crippen molar-refractivity contribution in [1.29, 1.82) is 0 Å². The van der Waals surface area contributed by atoms with E-state index < -0.39 is 0 Å². The first-order chi connectivity index (χ1) is 4.04. The Hall–Kier alpha value is -0.370. The Morgan fingerprint density at radius 2 is 2.22 bits per heavy atom. The van der Waals surface area contributed by atoms with Crippen LogP contribution in [0.15, 0.2) is 0 Å². The lowest BCUT2D eigenvalue weighted by Gasteiger charge is -1.98. The van der Waals surface area contributed by atoms with Crippen LogP contribution in [0.2, 0.25) is 0 Å². The number of rotatable bonds is 2. The van der Waals surface area contributed by atoms with E-state index in [1.807, 2.05) is 13.8 Å². The molecule has 2 atom stereocenters. The summed E-state index contributed by atoms with van der Waals surface area (Å²) < 4.78 is 5.19. The molecule has 0 saturated carbocycles. The van der Waals surface area contributed by atoms with Crippen LogP contribution in [0.1, 0.15) is 27.2 Å². The van der Waals surface area contributed by atoms with Gasteiger partial charge in [-0.25, -0.2) is 0 Å². The average Bonchev–Trinajstić information content (AvgIpc) is 2.10. The van der Waals surface area contributed by atoms with Crippen molar-refractivity contribution < 1.29 is 9.53 Å². The molecular formula is C7H12O2. The summed E-state index contributed by atoms with van der Waals surface area (Å²) in [5.74, 6) is 0.210. The number of hydrogen-bond donors (Lipinski definition) is 0. The second-order valence-electron chi connectivity index (χ2n) is 2.95. The molecule has 1 aliphatic rings. The van der Waals surface area contributed by atoms with Crippen molar-refractivity contribution in [3.8, 4) is 0 Å². The molecule has 0 radical (unpaired) electrons. The molecule has 0 bridgehead atoms. The number of Topliss-reactive ketones (excluding diaryl/α,β-unsaturated/α-hetero) is 1. The summed E-state index contributed by atoms with van der Waals surface area (Å²) in [7, 11) is 0. The lowest BCUT2D eigenvalue weighted by Crippen LogP contribution is -2.12. The van der Waals surface area contributed by atoms with Gasteiger partial charge in [-0.3, -0.25) is 4.79 Å². The van der Waals surface area contributed by atoms with Gasteiger partial charge >= 0.3 is 0 Å². The van der Waals surface area contributed by atoms with Crippen LogP contribution in [0.3, 0.4) is 0 Å². The van der Waals surface area contributed by atoms with Gasteiger partial charge in [0.15, 0.2) is 0 Å². The van der Waals surface area contributed by atoms with Crippen molar-refractivity contribution >= 4 is 5.78 Å². The largest absolute Gasteiger partial charge is 0.366 e. The predicted octanol–water partition coefficient (Wildman–Crippen LogP) is 1.14. The van der Waals surface area contributed by atoms with Gasteiger partial charge in [-0.05, 0) is 20.8 Å². The summed E-state index contributed by atoms with van der Waals surface area (Å²) in [6.07, 6.45) is 0.843. The molecule has 2 heteroatoms. The van der Waals surface area contributed by atoms with E-state index >= 15 is 0 Å². The van der Waals surface area contributed by atoms with Crippen molar-refractivity contribution in [3.05, 3.63) is 0 Å². The third-order valence-corrected chi connectivity index (χ3v) is 1.85. The van der Waals surface area contributed by atoms with Crippen molar-refractivity contribution in [2.45, 2.75) is 38.9 Å². The van der Waals surface area contributed by atoms with Gasteiger partial charge in [0.25, 0.3) is 0 Å². The Bertz CT molecular complexity index is 142. The van der Waals surface area contributed by atoms with Gasteiger partial charge in [-0.15, -0.1) is 0 Å². The fourth-order valence-corrected chi connectivity index (χ4v) is 1.05. The zero-order valence-corrected chi connectivity index (χ0v) is 6.10. The molecule has 1 saturated heterocycles. The van der Waals surface area contributed by atoms with Gasteiger partial charge in [-0.1, -0.05) is 0 Å². The molecule has 2 nitrogen and oxygen atoms in total. The first kappa shape index (κ1) is 6.75. The zero-order chi connectivity index (χ0) is 7.07. The Morgan fingerprint density at radius 1 is 1.78 bits per heavy atom. The molecule has 0 spiro atoms. The Labute approximate surface area is 55.2 Å². The van der Waals surface area contributed by atoms with Crippen LogP contribution in [-0.4, -0.2) is 17.5 Å². The first-order valence-electron chi connectivity index (χ1n) is 3.22. The zero-order valence-electron chi connectivity index (χ0n) is 6.10. The van der Waals surface area contributed by atoms with Crippen molar-refractivity contribution in [2.75, 3.05) is 0 Å². The predicted molar refractivity (Wildman–Crippen MR) is 34.2 cm³/mol. The molecule has 1 aliphatic heterocycles. The summed E-state index contributed by atoms with van der Waals surface area (Å²) in [5, 5.41) is 0. The molecule has 0 aliphatic carbocycles. The van der Waals surface area contributed by atoms with E-state index in [0.29, 0.717) is 6.42 Å². The Kier molecular flexibility index (Phi) is 1.35. The average molecular weight is 128 g/mol. The minimum Gasteiger partial charge on any atom is -0.366 e. The van der Waals surface area contributed by atoms with Crippen molar-refractivity contribution in [2.24, 2.45) is 0 Å². The molecule has 0 amide bonds. The molecule has 2 unspecified atom stereocenters. The molecule has 1 rings (SSSR count). The van der Waals surface area contributed by atoms with Crippen LogP contribution in [0.5, 0.6) is 0 Å². The molecule has 1 fully saturated rings.